The fraction of sp³-hybridized carbons (Fsp3) is 0.774. The fourth-order valence-electron chi connectivity index (χ4n) is 9.34. The number of benzene rings is 2. The molecule has 1 N–H and O–H groups in total. The Labute approximate surface area is 424 Å². The van der Waals surface area contributed by atoms with Gasteiger partial charge in [-0.05, 0) is 49.6 Å². The number of aldehydes is 1. The van der Waals surface area contributed by atoms with Crippen LogP contribution in [0.15, 0.2) is 30.3 Å². The van der Waals surface area contributed by atoms with E-state index in [1.54, 1.807) is 12.1 Å². The fourth-order valence-corrected chi connectivity index (χ4v) is 9.34. The van der Waals surface area contributed by atoms with E-state index in [-0.39, 0.29) is 22.6 Å². The molecule has 0 fully saturated rings. The Bertz CT molecular complexity index is 1430. The van der Waals surface area contributed by atoms with Crippen molar-refractivity contribution < 1.29 is 33.6 Å². The summed E-state index contributed by atoms with van der Waals surface area (Å²) in [6.45, 7) is 8.43. The highest BCUT2D eigenvalue weighted by atomic mass is 16.5. The van der Waals surface area contributed by atoms with Gasteiger partial charge in [0.1, 0.15) is 11.5 Å². The van der Waals surface area contributed by atoms with Crippen molar-refractivity contribution in [2.45, 2.75) is 290 Å². The van der Waals surface area contributed by atoms with Gasteiger partial charge in [-0.2, -0.15) is 0 Å². The molecule has 0 saturated heterocycles. The summed E-state index contributed by atoms with van der Waals surface area (Å²) < 4.78 is 25.3. The summed E-state index contributed by atoms with van der Waals surface area (Å²) in [6, 6.07) is 7.64. The first-order valence-electron chi connectivity index (χ1n) is 29.6. The second-order valence-corrected chi connectivity index (χ2v) is 20.4. The largest absolute Gasteiger partial charge is 0.507 e. The predicted molar refractivity (Wildman–Crippen MR) is 292 cm³/mol. The monoisotopic (exact) mass is 963 g/mol. The Kier molecular flexibility index (Phi) is 41.2. The number of ether oxygens (including phenoxy) is 4. The number of hydrogen-bond donors (Lipinski definition) is 1. The van der Waals surface area contributed by atoms with Gasteiger partial charge in [0.15, 0.2) is 17.8 Å². The highest BCUT2D eigenvalue weighted by Crippen LogP contribution is 2.40. The van der Waals surface area contributed by atoms with Crippen LogP contribution in [0, 0.1) is 0 Å². The van der Waals surface area contributed by atoms with Gasteiger partial charge in [0.2, 0.25) is 5.75 Å². The first-order valence-corrected chi connectivity index (χ1v) is 29.6. The molecule has 0 aliphatic rings. The summed E-state index contributed by atoms with van der Waals surface area (Å²) in [7, 11) is 0. The average Bonchev–Trinajstić information content (AvgIpc) is 3.35. The summed E-state index contributed by atoms with van der Waals surface area (Å²) >= 11 is 0. The minimum atomic E-state index is -0.598. The summed E-state index contributed by atoms with van der Waals surface area (Å²) in [6.07, 6.45) is 54.9. The van der Waals surface area contributed by atoms with Gasteiger partial charge in [-0.1, -0.05) is 271 Å². The van der Waals surface area contributed by atoms with E-state index in [1.807, 2.05) is 0 Å². The smallest absolute Gasteiger partial charge is 0.343 e. The normalized spacial score (nSPS) is 11.3. The molecule has 0 aromatic heterocycles. The van der Waals surface area contributed by atoms with Gasteiger partial charge < -0.3 is 24.1 Å². The summed E-state index contributed by atoms with van der Waals surface area (Å²) in [5.74, 6) is 0.972. The van der Waals surface area contributed by atoms with Crippen LogP contribution in [0.25, 0.3) is 0 Å². The highest BCUT2D eigenvalue weighted by molar-refractivity contribution is 5.93. The second-order valence-electron chi connectivity index (χ2n) is 20.4. The van der Waals surface area contributed by atoms with Gasteiger partial charge in [0.05, 0.1) is 30.9 Å². The molecular formula is C62H106O7. The van der Waals surface area contributed by atoms with E-state index >= 15 is 0 Å². The number of hydrogen-bond acceptors (Lipinski definition) is 7. The highest BCUT2D eigenvalue weighted by Gasteiger charge is 2.21. The molecule has 0 bridgehead atoms. The summed E-state index contributed by atoms with van der Waals surface area (Å²) in [5, 5.41) is 10.0. The minimum Gasteiger partial charge on any atom is -0.507 e. The number of rotatable bonds is 51. The van der Waals surface area contributed by atoms with Crippen LogP contribution >= 0.6 is 0 Å². The first-order chi connectivity index (χ1) is 34.0. The molecule has 0 aliphatic carbocycles. The average molecular weight is 964 g/mol. The standard InChI is InChI=1S/C62H106O7/c1-4-7-10-13-16-19-22-25-28-31-34-37-40-43-48-66-59-52-55(62(65)69-57-46-47-58(64)56(51-57)54-63)53-60(67-49-44-41-38-35-32-29-26-23-20-17-14-11-8-5-2)61(59)68-50-45-42-39-36-33-30-27-24-21-18-15-12-9-6-3/h46-47,51-54,64H,4-45,48-50H2,1-3H3. The van der Waals surface area contributed by atoms with E-state index in [0.29, 0.717) is 43.4 Å². The quantitative estimate of drug-likeness (QED) is 0.0306. The summed E-state index contributed by atoms with van der Waals surface area (Å²) in [4.78, 5) is 25.2. The molecule has 0 atom stereocenters. The molecule has 7 heteroatoms. The third-order valence-electron chi connectivity index (χ3n) is 13.8. The van der Waals surface area contributed by atoms with Gasteiger partial charge in [-0.25, -0.2) is 4.79 Å². The lowest BCUT2D eigenvalue weighted by Crippen LogP contribution is -2.12. The molecule has 396 valence electrons. The molecule has 2 rings (SSSR count). The van der Waals surface area contributed by atoms with Crippen LogP contribution in [0.5, 0.6) is 28.7 Å². The van der Waals surface area contributed by atoms with Gasteiger partial charge in [0, 0.05) is 0 Å². The Hall–Kier alpha value is -3.22. The van der Waals surface area contributed by atoms with Gasteiger partial charge in [-0.3, -0.25) is 4.79 Å². The van der Waals surface area contributed by atoms with E-state index < -0.39 is 5.97 Å². The lowest BCUT2D eigenvalue weighted by atomic mass is 10.0. The van der Waals surface area contributed by atoms with Crippen molar-refractivity contribution in [3.63, 3.8) is 0 Å². The number of esters is 1. The Morgan fingerprint density at radius 2 is 0.696 bits per heavy atom. The summed E-state index contributed by atoms with van der Waals surface area (Å²) in [5.41, 5.74) is 0.341. The number of phenolic OH excluding ortho intramolecular Hbond substituents is 1. The molecule has 0 spiro atoms. The van der Waals surface area contributed by atoms with E-state index in [9.17, 15) is 14.7 Å². The van der Waals surface area contributed by atoms with Crippen molar-refractivity contribution in [1.29, 1.82) is 0 Å². The molecule has 0 unspecified atom stereocenters. The van der Waals surface area contributed by atoms with Crippen LogP contribution in [0.2, 0.25) is 0 Å². The Balaban J connectivity index is 2.00. The maximum Gasteiger partial charge on any atom is 0.343 e. The third-order valence-corrected chi connectivity index (χ3v) is 13.8. The SMILES string of the molecule is CCCCCCCCCCCCCCCCOc1cc(C(=O)Oc2ccc(O)c(C=O)c2)cc(OCCCCCCCCCCCCCCCC)c1OCCCCCCCCCCCCCCCC. The molecule has 2 aromatic rings. The zero-order valence-electron chi connectivity index (χ0n) is 45.2. The van der Waals surface area contributed by atoms with Crippen LogP contribution in [-0.4, -0.2) is 37.2 Å². The van der Waals surface area contributed by atoms with E-state index in [4.69, 9.17) is 18.9 Å². The molecule has 2 aromatic carbocycles. The van der Waals surface area contributed by atoms with Crippen LogP contribution in [0.3, 0.4) is 0 Å². The Morgan fingerprint density at radius 3 is 1.00 bits per heavy atom. The van der Waals surface area contributed by atoms with Crippen LogP contribution in [-0.2, 0) is 0 Å². The number of aromatic hydroxyl groups is 1. The molecule has 7 nitrogen and oxygen atoms in total. The van der Waals surface area contributed by atoms with Gasteiger partial charge in [-0.15, -0.1) is 0 Å². The third kappa shape index (κ3) is 33.9. The van der Waals surface area contributed by atoms with Crippen LogP contribution in [0.1, 0.15) is 311 Å². The number of carbonyl (C=O) groups is 2. The number of phenols is 1. The number of carbonyl (C=O) groups excluding carboxylic acids is 2. The zero-order valence-corrected chi connectivity index (χ0v) is 45.2. The zero-order chi connectivity index (χ0) is 49.5. The Morgan fingerprint density at radius 1 is 0.406 bits per heavy atom. The topological polar surface area (TPSA) is 91.3 Å². The predicted octanol–water partition coefficient (Wildman–Crippen LogP) is 20.0. The molecular weight excluding hydrogens is 857 g/mol. The lowest BCUT2D eigenvalue weighted by molar-refractivity contribution is 0.0732. The first kappa shape index (κ1) is 61.9. The van der Waals surface area contributed by atoms with Crippen LogP contribution in [0.4, 0.5) is 0 Å². The molecule has 0 radical (unpaired) electrons. The lowest BCUT2D eigenvalue weighted by Gasteiger charge is -2.19. The van der Waals surface area contributed by atoms with Crippen molar-refractivity contribution in [3.8, 4) is 28.7 Å². The molecule has 0 aliphatic heterocycles. The van der Waals surface area contributed by atoms with Crippen molar-refractivity contribution in [1.82, 2.24) is 0 Å². The van der Waals surface area contributed by atoms with E-state index in [1.165, 1.54) is 249 Å². The van der Waals surface area contributed by atoms with E-state index in [0.717, 1.165) is 38.5 Å². The van der Waals surface area contributed by atoms with Crippen molar-refractivity contribution >= 4 is 12.3 Å². The molecule has 0 saturated carbocycles. The second kappa shape index (κ2) is 45.9. The van der Waals surface area contributed by atoms with Crippen molar-refractivity contribution in [2.24, 2.45) is 0 Å². The van der Waals surface area contributed by atoms with Crippen LogP contribution < -0.4 is 18.9 Å². The minimum absolute atomic E-state index is 0.0573. The molecule has 69 heavy (non-hydrogen) atoms. The maximum atomic E-state index is 13.7. The number of unbranched alkanes of at least 4 members (excludes halogenated alkanes) is 39. The maximum absolute atomic E-state index is 13.7. The van der Waals surface area contributed by atoms with Gasteiger partial charge >= 0.3 is 5.97 Å². The van der Waals surface area contributed by atoms with Gasteiger partial charge in [0.25, 0.3) is 0 Å². The molecule has 0 heterocycles. The van der Waals surface area contributed by atoms with E-state index in [2.05, 4.69) is 20.8 Å². The van der Waals surface area contributed by atoms with Crippen molar-refractivity contribution in [2.75, 3.05) is 19.8 Å². The van der Waals surface area contributed by atoms with Crippen molar-refractivity contribution in [3.05, 3.63) is 41.5 Å². The molecule has 0 amide bonds.